The molecule has 184 valence electrons. The summed E-state index contributed by atoms with van der Waals surface area (Å²) in [4.78, 5) is 40.1. The maximum atomic E-state index is 13.6. The molecule has 1 unspecified atom stereocenters. The Balaban J connectivity index is 1.77. The number of hydrogen-bond acceptors (Lipinski definition) is 5. The van der Waals surface area contributed by atoms with Gasteiger partial charge in [0.05, 0.1) is 18.7 Å². The Kier molecular flexibility index (Phi) is 6.19. The number of rotatable bonds is 5. The molecule has 0 saturated carbocycles. The van der Waals surface area contributed by atoms with Crippen LogP contribution in [0.25, 0.3) is 16.5 Å². The second kappa shape index (κ2) is 9.62. The number of nitrogens with one attached hydrogen (secondary N) is 1. The molecule has 5 rings (SSSR count). The normalized spacial score (nSPS) is 16.7. The lowest BCUT2D eigenvalue weighted by Gasteiger charge is -2.27. The Bertz CT molecular complexity index is 1580. The third-order valence-corrected chi connectivity index (χ3v) is 6.37. The lowest BCUT2D eigenvalue weighted by Crippen LogP contribution is -2.29. The second-order valence-corrected chi connectivity index (χ2v) is 8.67. The minimum Gasteiger partial charge on any atom is -0.507 e. The number of para-hydroxylation sites is 1. The number of nitrogens with zero attached hydrogens (tertiary/aromatic N) is 1. The fourth-order valence-corrected chi connectivity index (χ4v) is 4.80. The molecule has 2 amide bonds. The van der Waals surface area contributed by atoms with Crippen molar-refractivity contribution in [1.82, 2.24) is 0 Å². The highest BCUT2D eigenvalue weighted by molar-refractivity contribution is 6.52. The van der Waals surface area contributed by atoms with E-state index in [1.165, 1.54) is 18.9 Å². The molecule has 37 heavy (non-hydrogen) atoms. The summed E-state index contributed by atoms with van der Waals surface area (Å²) in [5.41, 5.74) is 1.80. The summed E-state index contributed by atoms with van der Waals surface area (Å²) in [5.74, 6) is -1.69. The van der Waals surface area contributed by atoms with Crippen molar-refractivity contribution in [3.8, 4) is 5.75 Å². The van der Waals surface area contributed by atoms with Gasteiger partial charge in [-0.25, -0.2) is 0 Å². The number of hydrogen-bond donors (Lipinski definition) is 2. The number of ketones is 1. The molecule has 0 radical (unpaired) electrons. The van der Waals surface area contributed by atoms with Crippen LogP contribution in [-0.2, 0) is 14.4 Å². The lowest BCUT2D eigenvalue weighted by atomic mass is 9.92. The summed E-state index contributed by atoms with van der Waals surface area (Å²) >= 11 is 0. The number of ether oxygens (including phenoxy) is 1. The predicted octanol–water partition coefficient (Wildman–Crippen LogP) is 5.43. The van der Waals surface area contributed by atoms with Crippen molar-refractivity contribution >= 4 is 45.5 Å². The number of benzene rings is 4. The zero-order valence-corrected chi connectivity index (χ0v) is 20.3. The van der Waals surface area contributed by atoms with Crippen molar-refractivity contribution in [2.45, 2.75) is 13.0 Å². The van der Waals surface area contributed by atoms with Crippen LogP contribution in [0.15, 0.2) is 96.6 Å². The van der Waals surface area contributed by atoms with Crippen molar-refractivity contribution in [3.63, 3.8) is 0 Å². The summed E-state index contributed by atoms with van der Waals surface area (Å²) in [5, 5.41) is 16.0. The van der Waals surface area contributed by atoms with Gasteiger partial charge in [-0.1, -0.05) is 66.7 Å². The van der Waals surface area contributed by atoms with Gasteiger partial charge in [-0.3, -0.25) is 19.3 Å². The first-order chi connectivity index (χ1) is 17.9. The summed E-state index contributed by atoms with van der Waals surface area (Å²) in [6.45, 7) is 1.39. The number of methoxy groups -OCH3 is 1. The Hall–Kier alpha value is -4.91. The molecule has 0 aromatic heterocycles. The number of aliphatic hydroxyl groups excluding tert-OH is 1. The summed E-state index contributed by atoms with van der Waals surface area (Å²) in [7, 11) is 1.51. The Morgan fingerprint density at radius 1 is 0.919 bits per heavy atom. The lowest BCUT2D eigenvalue weighted by molar-refractivity contribution is -0.132. The third-order valence-electron chi connectivity index (χ3n) is 6.37. The summed E-state index contributed by atoms with van der Waals surface area (Å²) in [6, 6.07) is 25.7. The van der Waals surface area contributed by atoms with Gasteiger partial charge in [0.2, 0.25) is 5.91 Å². The quantitative estimate of drug-likeness (QED) is 0.220. The van der Waals surface area contributed by atoms with Crippen molar-refractivity contribution in [2.24, 2.45) is 0 Å². The van der Waals surface area contributed by atoms with Crippen LogP contribution in [0.5, 0.6) is 5.75 Å². The zero-order valence-electron chi connectivity index (χ0n) is 20.3. The Morgan fingerprint density at radius 2 is 1.62 bits per heavy atom. The molecular weight excluding hydrogens is 468 g/mol. The molecule has 1 aliphatic heterocycles. The molecule has 0 spiro atoms. The van der Waals surface area contributed by atoms with E-state index in [0.29, 0.717) is 28.3 Å². The van der Waals surface area contributed by atoms with E-state index in [4.69, 9.17) is 4.74 Å². The highest BCUT2D eigenvalue weighted by Crippen LogP contribution is 2.45. The first-order valence-electron chi connectivity index (χ1n) is 11.7. The minimum absolute atomic E-state index is 0.0456. The van der Waals surface area contributed by atoms with Gasteiger partial charge in [0.15, 0.2) is 0 Å². The Labute approximate surface area is 213 Å². The minimum atomic E-state index is -0.970. The predicted molar refractivity (Wildman–Crippen MR) is 142 cm³/mol. The van der Waals surface area contributed by atoms with E-state index in [2.05, 4.69) is 5.32 Å². The molecular formula is C30H24N2O5. The average molecular weight is 493 g/mol. The SMILES string of the molecule is COc1ccccc1C1/C(=C(\O)c2cccc3ccccc23)C(=O)C(=O)N1c1cccc(NC(C)=O)c1. The number of aliphatic hydroxyl groups is 1. The zero-order chi connectivity index (χ0) is 26.1. The fraction of sp³-hybridized carbons (Fsp3) is 0.100. The van der Waals surface area contributed by atoms with Gasteiger partial charge in [0, 0.05) is 29.4 Å². The second-order valence-electron chi connectivity index (χ2n) is 8.67. The number of amides is 2. The van der Waals surface area contributed by atoms with Gasteiger partial charge in [-0.05, 0) is 35.0 Å². The molecule has 1 aliphatic rings. The largest absolute Gasteiger partial charge is 0.507 e. The third kappa shape index (κ3) is 4.21. The van der Waals surface area contributed by atoms with Crippen molar-refractivity contribution in [3.05, 3.63) is 108 Å². The van der Waals surface area contributed by atoms with Crippen LogP contribution < -0.4 is 15.0 Å². The molecule has 0 bridgehead atoms. The molecule has 4 aromatic rings. The van der Waals surface area contributed by atoms with Crippen molar-refractivity contribution in [1.29, 1.82) is 0 Å². The highest BCUT2D eigenvalue weighted by atomic mass is 16.5. The van der Waals surface area contributed by atoms with E-state index in [-0.39, 0.29) is 17.2 Å². The van der Waals surface area contributed by atoms with Gasteiger partial charge < -0.3 is 15.2 Å². The molecule has 7 heteroatoms. The summed E-state index contributed by atoms with van der Waals surface area (Å²) in [6.07, 6.45) is 0. The van der Waals surface area contributed by atoms with Gasteiger partial charge in [-0.2, -0.15) is 0 Å². The van der Waals surface area contributed by atoms with Crippen LogP contribution >= 0.6 is 0 Å². The van der Waals surface area contributed by atoms with E-state index in [1.54, 1.807) is 60.7 Å². The van der Waals surface area contributed by atoms with E-state index in [0.717, 1.165) is 10.8 Å². The van der Waals surface area contributed by atoms with E-state index in [1.807, 2.05) is 30.3 Å². The van der Waals surface area contributed by atoms with Crippen LogP contribution in [0.2, 0.25) is 0 Å². The monoisotopic (exact) mass is 492 g/mol. The van der Waals surface area contributed by atoms with Gasteiger partial charge in [0.1, 0.15) is 11.5 Å². The van der Waals surface area contributed by atoms with Crippen molar-refractivity contribution < 1.29 is 24.2 Å². The topological polar surface area (TPSA) is 95.9 Å². The van der Waals surface area contributed by atoms with Crippen molar-refractivity contribution in [2.75, 3.05) is 17.3 Å². The van der Waals surface area contributed by atoms with E-state index < -0.39 is 17.7 Å². The van der Waals surface area contributed by atoms with Crippen LogP contribution in [0.4, 0.5) is 11.4 Å². The van der Waals surface area contributed by atoms with Crippen LogP contribution in [0.3, 0.4) is 0 Å². The van der Waals surface area contributed by atoms with Gasteiger partial charge in [0.25, 0.3) is 11.7 Å². The molecule has 1 fully saturated rings. The number of carbonyl (C=O) groups is 3. The summed E-state index contributed by atoms with van der Waals surface area (Å²) < 4.78 is 5.58. The van der Waals surface area contributed by atoms with Crippen LogP contribution in [0.1, 0.15) is 24.1 Å². The van der Waals surface area contributed by atoms with Gasteiger partial charge in [-0.15, -0.1) is 0 Å². The molecule has 4 aromatic carbocycles. The Morgan fingerprint density at radius 3 is 2.41 bits per heavy atom. The molecule has 2 N–H and O–H groups in total. The number of Topliss-reactive ketones (excluding diaryl/α,β-unsaturated/α-hetero) is 1. The first-order valence-corrected chi connectivity index (χ1v) is 11.7. The molecule has 1 heterocycles. The maximum absolute atomic E-state index is 13.6. The van der Waals surface area contributed by atoms with Crippen LogP contribution in [-0.4, -0.2) is 29.8 Å². The molecule has 1 saturated heterocycles. The van der Waals surface area contributed by atoms with Crippen LogP contribution in [0, 0.1) is 0 Å². The molecule has 1 atom stereocenters. The number of fused-ring (bicyclic) bond motifs is 1. The maximum Gasteiger partial charge on any atom is 0.300 e. The number of anilines is 2. The molecule has 0 aliphatic carbocycles. The standard InChI is InChI=1S/C30H24N2O5/c1-18(33)31-20-11-8-12-21(17-20)32-27(24-14-5-6-16-25(24)37-2)26(29(35)30(32)36)28(34)23-15-7-10-19-9-3-4-13-22(19)23/h3-17,27,34H,1-2H3,(H,31,33)/b28-26+. The smallest absolute Gasteiger partial charge is 0.300 e. The average Bonchev–Trinajstić information content (AvgIpc) is 3.17. The number of carbonyl (C=O) groups excluding carboxylic acids is 3. The van der Waals surface area contributed by atoms with Gasteiger partial charge >= 0.3 is 0 Å². The molecule has 7 nitrogen and oxygen atoms in total. The van der Waals surface area contributed by atoms with E-state index >= 15 is 0 Å². The van der Waals surface area contributed by atoms with E-state index in [9.17, 15) is 19.5 Å². The highest BCUT2D eigenvalue weighted by Gasteiger charge is 2.48. The first kappa shape index (κ1) is 23.8. The fourth-order valence-electron chi connectivity index (χ4n) is 4.80.